The van der Waals surface area contributed by atoms with E-state index in [9.17, 15) is 4.79 Å². The molecule has 2 aliphatic rings. The van der Waals surface area contributed by atoms with Crippen LogP contribution in [-0.2, 0) is 4.79 Å². The number of amides is 1. The van der Waals surface area contributed by atoms with Gasteiger partial charge in [0.2, 0.25) is 5.91 Å². The number of halogens is 1. The highest BCUT2D eigenvalue weighted by atomic mass is 127. The summed E-state index contributed by atoms with van der Waals surface area (Å²) in [6.45, 7) is 8.94. The van der Waals surface area contributed by atoms with Gasteiger partial charge in [-0.3, -0.25) is 14.7 Å². The fourth-order valence-corrected chi connectivity index (χ4v) is 5.56. The minimum Gasteiger partial charge on any atom is -0.354 e. The highest BCUT2D eigenvalue weighted by molar-refractivity contribution is 14.0. The molecule has 6 nitrogen and oxygen atoms in total. The Morgan fingerprint density at radius 1 is 1.26 bits per heavy atom. The number of rotatable bonds is 8. The van der Waals surface area contributed by atoms with Gasteiger partial charge >= 0.3 is 0 Å². The Morgan fingerprint density at radius 3 is 2.61 bits per heavy atom. The van der Waals surface area contributed by atoms with E-state index in [0.29, 0.717) is 11.9 Å². The number of likely N-dealkylation sites (tertiary alicyclic amines) is 1. The quantitative estimate of drug-likeness (QED) is 0.285. The zero-order chi connectivity index (χ0) is 21.3. The molecule has 1 aliphatic heterocycles. The molecule has 0 spiro atoms. The van der Waals surface area contributed by atoms with Crippen molar-refractivity contribution in [3.8, 4) is 0 Å². The van der Waals surface area contributed by atoms with Crippen molar-refractivity contribution in [3.05, 3.63) is 22.4 Å². The number of carbonyl (C=O) groups is 1. The first-order valence-corrected chi connectivity index (χ1v) is 12.6. The van der Waals surface area contributed by atoms with Crippen LogP contribution in [0.2, 0.25) is 0 Å². The SMILES string of the molecule is CCN(CC)C(CNC(=NC)NC1CCN(C(=O)C2CCCCC2)C1)c1ccsc1.I. The van der Waals surface area contributed by atoms with Crippen molar-refractivity contribution >= 4 is 47.2 Å². The first kappa shape index (κ1) is 26.4. The van der Waals surface area contributed by atoms with Gasteiger partial charge in [0.05, 0.1) is 6.04 Å². The second-order valence-corrected chi connectivity index (χ2v) is 9.28. The Labute approximate surface area is 209 Å². The average molecular weight is 562 g/mol. The van der Waals surface area contributed by atoms with Crippen molar-refractivity contribution in [3.63, 3.8) is 0 Å². The molecule has 176 valence electrons. The van der Waals surface area contributed by atoms with Crippen molar-refractivity contribution < 1.29 is 4.79 Å². The summed E-state index contributed by atoms with van der Waals surface area (Å²) in [5.41, 5.74) is 1.36. The number of hydrogen-bond acceptors (Lipinski definition) is 4. The van der Waals surface area contributed by atoms with E-state index in [1.165, 1.54) is 24.8 Å². The molecule has 1 aromatic rings. The van der Waals surface area contributed by atoms with E-state index < -0.39 is 0 Å². The third-order valence-electron chi connectivity index (χ3n) is 6.66. The van der Waals surface area contributed by atoms with Gasteiger partial charge in [-0.25, -0.2) is 0 Å². The van der Waals surface area contributed by atoms with Crippen molar-refractivity contribution in [2.24, 2.45) is 10.9 Å². The molecule has 1 aromatic heterocycles. The van der Waals surface area contributed by atoms with Gasteiger partial charge in [-0.1, -0.05) is 33.1 Å². The normalized spacial score (nSPS) is 21.1. The van der Waals surface area contributed by atoms with Crippen molar-refractivity contribution in [1.29, 1.82) is 0 Å². The van der Waals surface area contributed by atoms with Crippen LogP contribution < -0.4 is 10.6 Å². The maximum absolute atomic E-state index is 12.8. The first-order valence-electron chi connectivity index (χ1n) is 11.7. The third-order valence-corrected chi connectivity index (χ3v) is 7.36. The lowest BCUT2D eigenvalue weighted by Gasteiger charge is -2.30. The summed E-state index contributed by atoms with van der Waals surface area (Å²) in [5, 5.41) is 11.5. The van der Waals surface area contributed by atoms with Gasteiger partial charge in [0, 0.05) is 38.6 Å². The topological polar surface area (TPSA) is 60.0 Å². The van der Waals surface area contributed by atoms with Crippen LogP contribution in [0.3, 0.4) is 0 Å². The Balaban J connectivity index is 0.00000341. The lowest BCUT2D eigenvalue weighted by atomic mass is 9.88. The Hall–Kier alpha value is -0.870. The molecule has 2 fully saturated rings. The summed E-state index contributed by atoms with van der Waals surface area (Å²) < 4.78 is 0. The summed E-state index contributed by atoms with van der Waals surface area (Å²) in [6, 6.07) is 2.83. The average Bonchev–Trinajstić information content (AvgIpc) is 3.48. The molecule has 0 bridgehead atoms. The summed E-state index contributed by atoms with van der Waals surface area (Å²) in [7, 11) is 1.83. The molecule has 2 N–H and O–H groups in total. The molecule has 8 heteroatoms. The minimum absolute atomic E-state index is 0. The standard InChI is InChI=1S/C23H39N5OS.HI/c1-4-27(5-2)21(19-12-14-30-17-19)15-25-23(24-3)26-20-11-13-28(16-20)22(29)18-9-7-6-8-10-18;/h12,14,17-18,20-21H,4-11,13,15-16H2,1-3H3,(H2,24,25,26);1H. The lowest BCUT2D eigenvalue weighted by molar-refractivity contribution is -0.135. The predicted octanol–water partition coefficient (Wildman–Crippen LogP) is 4.10. The molecular formula is C23H40IN5OS. The van der Waals surface area contributed by atoms with E-state index in [1.807, 2.05) is 7.05 Å². The van der Waals surface area contributed by atoms with Crippen LogP contribution >= 0.6 is 35.3 Å². The summed E-state index contributed by atoms with van der Waals surface area (Å²) in [5.74, 6) is 1.47. The summed E-state index contributed by atoms with van der Waals surface area (Å²) in [4.78, 5) is 21.8. The number of thiophene rings is 1. The number of hydrogen-bond donors (Lipinski definition) is 2. The molecule has 31 heavy (non-hydrogen) atoms. The number of carbonyl (C=O) groups excluding carboxylic acids is 1. The van der Waals surface area contributed by atoms with Crippen molar-refractivity contribution in [1.82, 2.24) is 20.4 Å². The summed E-state index contributed by atoms with van der Waals surface area (Å²) >= 11 is 1.75. The van der Waals surface area contributed by atoms with Gasteiger partial charge in [-0.2, -0.15) is 11.3 Å². The van der Waals surface area contributed by atoms with Gasteiger partial charge in [0.15, 0.2) is 5.96 Å². The van der Waals surface area contributed by atoms with E-state index in [1.54, 1.807) is 11.3 Å². The van der Waals surface area contributed by atoms with Gasteiger partial charge in [0.1, 0.15) is 0 Å². The predicted molar refractivity (Wildman–Crippen MR) is 141 cm³/mol. The number of guanidine groups is 1. The Kier molecular flexibility index (Phi) is 11.6. The van der Waals surface area contributed by atoms with E-state index >= 15 is 0 Å². The monoisotopic (exact) mass is 561 g/mol. The van der Waals surface area contributed by atoms with Crippen LogP contribution in [0.15, 0.2) is 21.8 Å². The zero-order valence-electron chi connectivity index (χ0n) is 19.3. The van der Waals surface area contributed by atoms with Crippen LogP contribution in [0, 0.1) is 5.92 Å². The van der Waals surface area contributed by atoms with E-state index in [0.717, 1.165) is 57.9 Å². The Bertz CT molecular complexity index is 674. The Morgan fingerprint density at radius 2 is 2.00 bits per heavy atom. The number of nitrogens with zero attached hydrogens (tertiary/aromatic N) is 3. The van der Waals surface area contributed by atoms with E-state index in [2.05, 4.69) is 56.1 Å². The highest BCUT2D eigenvalue weighted by Gasteiger charge is 2.32. The van der Waals surface area contributed by atoms with Crippen LogP contribution in [0.5, 0.6) is 0 Å². The summed E-state index contributed by atoms with van der Waals surface area (Å²) in [6.07, 6.45) is 6.84. The first-order chi connectivity index (χ1) is 14.7. The van der Waals surface area contributed by atoms with Crippen LogP contribution in [-0.4, -0.2) is 67.5 Å². The largest absolute Gasteiger partial charge is 0.354 e. The number of aliphatic imine (C=N–C) groups is 1. The third kappa shape index (κ3) is 7.32. The smallest absolute Gasteiger partial charge is 0.225 e. The molecule has 1 saturated heterocycles. The van der Waals surface area contributed by atoms with Gasteiger partial charge in [0.25, 0.3) is 0 Å². The molecule has 2 unspecified atom stereocenters. The lowest BCUT2D eigenvalue weighted by Crippen LogP contribution is -2.48. The molecular weight excluding hydrogens is 521 g/mol. The minimum atomic E-state index is 0. The molecule has 2 heterocycles. The maximum atomic E-state index is 12.8. The van der Waals surface area contributed by atoms with E-state index in [4.69, 9.17) is 0 Å². The van der Waals surface area contributed by atoms with Crippen molar-refractivity contribution in [2.75, 3.05) is 39.8 Å². The highest BCUT2D eigenvalue weighted by Crippen LogP contribution is 2.27. The van der Waals surface area contributed by atoms with Gasteiger partial charge < -0.3 is 15.5 Å². The maximum Gasteiger partial charge on any atom is 0.225 e. The zero-order valence-corrected chi connectivity index (χ0v) is 22.5. The number of nitrogens with one attached hydrogen (secondary N) is 2. The van der Waals surface area contributed by atoms with E-state index in [-0.39, 0.29) is 35.9 Å². The fourth-order valence-electron chi connectivity index (χ4n) is 4.85. The molecule has 1 aliphatic carbocycles. The second-order valence-electron chi connectivity index (χ2n) is 8.50. The fraction of sp³-hybridized carbons (Fsp3) is 0.739. The molecule has 0 aromatic carbocycles. The second kappa shape index (κ2) is 13.6. The molecule has 2 atom stereocenters. The van der Waals surface area contributed by atoms with Gasteiger partial charge in [-0.15, -0.1) is 24.0 Å². The molecule has 0 radical (unpaired) electrons. The number of likely N-dealkylation sites (N-methyl/N-ethyl adjacent to an activating group) is 1. The van der Waals surface area contributed by atoms with Crippen LogP contribution in [0.4, 0.5) is 0 Å². The molecule has 3 rings (SSSR count). The van der Waals surface area contributed by atoms with Crippen LogP contribution in [0.25, 0.3) is 0 Å². The van der Waals surface area contributed by atoms with Gasteiger partial charge in [-0.05, 0) is 54.7 Å². The van der Waals surface area contributed by atoms with Crippen molar-refractivity contribution in [2.45, 2.75) is 64.5 Å². The molecule has 1 saturated carbocycles. The van der Waals surface area contributed by atoms with Crippen LogP contribution in [0.1, 0.15) is 64.0 Å². The molecule has 1 amide bonds.